The van der Waals surface area contributed by atoms with E-state index < -0.39 is 0 Å². The van der Waals surface area contributed by atoms with Crippen LogP contribution in [0.3, 0.4) is 0 Å². The lowest BCUT2D eigenvalue weighted by Crippen LogP contribution is -2.02. The molecule has 1 heterocycles. The van der Waals surface area contributed by atoms with Crippen LogP contribution in [-0.2, 0) is 6.42 Å². The van der Waals surface area contributed by atoms with E-state index in [-0.39, 0.29) is 5.56 Å². The Morgan fingerprint density at radius 1 is 1.36 bits per heavy atom. The molecule has 0 spiro atoms. The third-order valence-electron chi connectivity index (χ3n) is 2.27. The van der Waals surface area contributed by atoms with Gasteiger partial charge in [0, 0.05) is 22.1 Å². The molecule has 0 unspecified atom stereocenters. The third-order valence-corrected chi connectivity index (χ3v) is 2.93. The van der Waals surface area contributed by atoms with Gasteiger partial charge in [-0.3, -0.25) is 4.79 Å². The zero-order valence-corrected chi connectivity index (χ0v) is 9.39. The summed E-state index contributed by atoms with van der Waals surface area (Å²) in [5.41, 5.74) is 1.17. The molecular weight excluding hydrogens is 242 g/mol. The number of fused-ring (bicyclic) bond motifs is 1. The first-order chi connectivity index (χ1) is 6.70. The highest BCUT2D eigenvalue weighted by molar-refractivity contribution is 9.10. The summed E-state index contributed by atoms with van der Waals surface area (Å²) in [6, 6.07) is 5.76. The fraction of sp³-hybridized carbons (Fsp3) is 0.182. The van der Waals surface area contributed by atoms with Crippen molar-refractivity contribution in [2.75, 3.05) is 0 Å². The van der Waals surface area contributed by atoms with Crippen molar-refractivity contribution in [3.05, 3.63) is 44.8 Å². The first kappa shape index (κ1) is 9.46. The Morgan fingerprint density at radius 2 is 2.14 bits per heavy atom. The molecule has 0 saturated carbocycles. The van der Waals surface area contributed by atoms with Crippen LogP contribution in [-0.4, -0.2) is 4.98 Å². The maximum absolute atomic E-state index is 11.1. The van der Waals surface area contributed by atoms with Crippen molar-refractivity contribution in [2.45, 2.75) is 13.3 Å². The fourth-order valence-corrected chi connectivity index (χ4v) is 2.14. The van der Waals surface area contributed by atoms with Crippen LogP contribution in [0.4, 0.5) is 0 Å². The summed E-state index contributed by atoms with van der Waals surface area (Å²) in [6.07, 6.45) is 2.71. The van der Waals surface area contributed by atoms with Gasteiger partial charge in [0.25, 0.3) is 0 Å². The molecule has 3 heteroatoms. The Labute approximate surface area is 90.1 Å². The summed E-state index contributed by atoms with van der Waals surface area (Å²) in [7, 11) is 0. The predicted octanol–water partition coefficient (Wildman–Crippen LogP) is 2.85. The van der Waals surface area contributed by atoms with Crippen LogP contribution in [0.2, 0.25) is 0 Å². The first-order valence-electron chi connectivity index (χ1n) is 4.51. The number of rotatable bonds is 1. The smallest absolute Gasteiger partial charge is 0.248 e. The highest BCUT2D eigenvalue weighted by atomic mass is 79.9. The van der Waals surface area contributed by atoms with Gasteiger partial charge in [-0.15, -0.1) is 0 Å². The van der Waals surface area contributed by atoms with Crippen LogP contribution >= 0.6 is 15.9 Å². The number of aromatic nitrogens is 1. The molecule has 0 atom stereocenters. The maximum Gasteiger partial charge on any atom is 0.248 e. The van der Waals surface area contributed by atoms with Crippen LogP contribution < -0.4 is 5.56 Å². The van der Waals surface area contributed by atoms with Crippen molar-refractivity contribution in [3.63, 3.8) is 0 Å². The summed E-state index contributed by atoms with van der Waals surface area (Å²) < 4.78 is 1.03. The molecule has 0 aliphatic heterocycles. The Kier molecular flexibility index (Phi) is 2.42. The van der Waals surface area contributed by atoms with E-state index in [1.807, 2.05) is 0 Å². The van der Waals surface area contributed by atoms with Crippen molar-refractivity contribution in [2.24, 2.45) is 0 Å². The summed E-state index contributed by atoms with van der Waals surface area (Å²) in [5.74, 6) is 0. The van der Waals surface area contributed by atoms with E-state index in [2.05, 4.69) is 40.0 Å². The second kappa shape index (κ2) is 3.58. The first-order valence-corrected chi connectivity index (χ1v) is 5.31. The summed E-state index contributed by atoms with van der Waals surface area (Å²) >= 11 is 3.49. The Bertz CT molecular complexity index is 530. The molecule has 0 aliphatic carbocycles. The van der Waals surface area contributed by atoms with Crippen molar-refractivity contribution in [3.8, 4) is 0 Å². The number of aromatic amines is 1. The van der Waals surface area contributed by atoms with Gasteiger partial charge in [0.2, 0.25) is 5.56 Å². The van der Waals surface area contributed by atoms with E-state index in [1.54, 1.807) is 12.3 Å². The normalized spacial score (nSPS) is 10.7. The fourth-order valence-electron chi connectivity index (χ4n) is 1.50. The molecule has 72 valence electrons. The zero-order valence-electron chi connectivity index (χ0n) is 7.80. The van der Waals surface area contributed by atoms with Crippen LogP contribution in [0, 0.1) is 0 Å². The SMILES string of the molecule is CCc1cc(Br)c2c[nH]c(=O)cc2c1. The number of hydrogen-bond donors (Lipinski definition) is 1. The van der Waals surface area contributed by atoms with Gasteiger partial charge in [0.05, 0.1) is 0 Å². The lowest BCUT2D eigenvalue weighted by molar-refractivity contribution is 1.14. The van der Waals surface area contributed by atoms with Crippen molar-refractivity contribution in [1.82, 2.24) is 4.98 Å². The minimum Gasteiger partial charge on any atom is -0.328 e. The monoisotopic (exact) mass is 251 g/mol. The predicted molar refractivity (Wildman–Crippen MR) is 61.6 cm³/mol. The van der Waals surface area contributed by atoms with E-state index in [9.17, 15) is 4.79 Å². The minimum atomic E-state index is -0.0577. The average Bonchev–Trinajstić information content (AvgIpc) is 2.16. The van der Waals surface area contributed by atoms with Gasteiger partial charge in [-0.25, -0.2) is 0 Å². The molecule has 0 fully saturated rings. The second-order valence-corrected chi connectivity index (χ2v) is 4.09. The van der Waals surface area contributed by atoms with E-state index in [0.29, 0.717) is 0 Å². The molecule has 1 N–H and O–H groups in total. The van der Waals surface area contributed by atoms with Crippen LogP contribution in [0.15, 0.2) is 33.7 Å². The second-order valence-electron chi connectivity index (χ2n) is 3.23. The lowest BCUT2D eigenvalue weighted by Gasteiger charge is -2.03. The van der Waals surface area contributed by atoms with E-state index >= 15 is 0 Å². The van der Waals surface area contributed by atoms with Gasteiger partial charge in [0.1, 0.15) is 0 Å². The molecule has 14 heavy (non-hydrogen) atoms. The molecule has 0 radical (unpaired) electrons. The highest BCUT2D eigenvalue weighted by Gasteiger charge is 2.01. The van der Waals surface area contributed by atoms with Gasteiger partial charge in [-0.05, 0) is 23.4 Å². The highest BCUT2D eigenvalue weighted by Crippen LogP contribution is 2.24. The molecule has 0 aliphatic rings. The van der Waals surface area contributed by atoms with Gasteiger partial charge >= 0.3 is 0 Å². The van der Waals surface area contributed by atoms with E-state index in [0.717, 1.165) is 21.7 Å². The van der Waals surface area contributed by atoms with Crippen molar-refractivity contribution < 1.29 is 0 Å². The Hall–Kier alpha value is -1.09. The van der Waals surface area contributed by atoms with E-state index in [1.165, 1.54) is 5.56 Å². The number of pyridine rings is 1. The number of benzene rings is 1. The van der Waals surface area contributed by atoms with Gasteiger partial charge in [0.15, 0.2) is 0 Å². The minimum absolute atomic E-state index is 0.0577. The number of nitrogens with one attached hydrogen (secondary N) is 1. The molecule has 1 aromatic heterocycles. The summed E-state index contributed by atoms with van der Waals surface area (Å²) in [6.45, 7) is 2.10. The maximum atomic E-state index is 11.1. The molecule has 0 saturated heterocycles. The molecule has 2 nitrogen and oxygen atoms in total. The lowest BCUT2D eigenvalue weighted by atomic mass is 10.1. The number of H-pyrrole nitrogens is 1. The van der Waals surface area contributed by atoms with Crippen molar-refractivity contribution >= 4 is 26.7 Å². The van der Waals surface area contributed by atoms with Gasteiger partial charge < -0.3 is 4.98 Å². The largest absolute Gasteiger partial charge is 0.328 e. The van der Waals surface area contributed by atoms with Gasteiger partial charge in [-0.2, -0.15) is 0 Å². The Morgan fingerprint density at radius 3 is 2.86 bits per heavy atom. The summed E-state index contributed by atoms with van der Waals surface area (Å²) in [4.78, 5) is 13.8. The quantitative estimate of drug-likeness (QED) is 0.831. The Balaban J connectivity index is 2.83. The molecule has 2 aromatic rings. The van der Waals surface area contributed by atoms with Crippen molar-refractivity contribution in [1.29, 1.82) is 0 Å². The topological polar surface area (TPSA) is 32.9 Å². The third kappa shape index (κ3) is 1.60. The molecule has 2 rings (SSSR count). The number of aryl methyl sites for hydroxylation is 1. The summed E-state index contributed by atoms with van der Waals surface area (Å²) in [5, 5.41) is 2.03. The number of halogens is 1. The molecule has 0 bridgehead atoms. The number of hydrogen-bond acceptors (Lipinski definition) is 1. The molecule has 1 aromatic carbocycles. The molecule has 0 amide bonds. The van der Waals surface area contributed by atoms with Crippen LogP contribution in [0.25, 0.3) is 10.8 Å². The van der Waals surface area contributed by atoms with Gasteiger partial charge in [-0.1, -0.05) is 28.9 Å². The zero-order chi connectivity index (χ0) is 10.1. The molecular formula is C11H10BrNO. The van der Waals surface area contributed by atoms with E-state index in [4.69, 9.17) is 0 Å². The standard InChI is InChI=1S/C11H10BrNO/c1-2-7-3-8-5-11(14)13-6-9(8)10(12)4-7/h3-6H,2H2,1H3,(H,13,14). The average molecular weight is 252 g/mol. The van der Waals surface area contributed by atoms with Crippen LogP contribution in [0.5, 0.6) is 0 Å². The van der Waals surface area contributed by atoms with Crippen LogP contribution in [0.1, 0.15) is 12.5 Å².